The average molecular weight is 368 g/mol. The van der Waals surface area contributed by atoms with Gasteiger partial charge in [-0.05, 0) is 18.2 Å². The van der Waals surface area contributed by atoms with E-state index in [-0.39, 0.29) is 19.0 Å². The van der Waals surface area contributed by atoms with Crippen LogP contribution in [-0.4, -0.2) is 55.8 Å². The van der Waals surface area contributed by atoms with Crippen molar-refractivity contribution in [1.82, 2.24) is 18.8 Å². The van der Waals surface area contributed by atoms with Crippen molar-refractivity contribution in [3.05, 3.63) is 47.8 Å². The third-order valence-electron chi connectivity index (χ3n) is 3.15. The van der Waals surface area contributed by atoms with Gasteiger partial charge in [-0.25, -0.2) is 0 Å². The maximum atomic E-state index is 12.4. The predicted molar refractivity (Wildman–Crippen MR) is 90.3 cm³/mol. The Morgan fingerprint density at radius 1 is 1.28 bits per heavy atom. The molecule has 136 valence electrons. The molecule has 0 atom stereocenters. The summed E-state index contributed by atoms with van der Waals surface area (Å²) in [7, 11) is 0.162. The molecule has 0 aliphatic heterocycles. The van der Waals surface area contributed by atoms with Crippen LogP contribution in [0.3, 0.4) is 0 Å². The van der Waals surface area contributed by atoms with Crippen LogP contribution in [0.2, 0.25) is 0 Å². The minimum absolute atomic E-state index is 0.0184. The number of benzene rings is 1. The van der Waals surface area contributed by atoms with E-state index >= 15 is 0 Å². The zero-order chi connectivity index (χ0) is 18.4. The number of amides is 1. The predicted octanol–water partition coefficient (Wildman–Crippen LogP) is 0.450. The Morgan fingerprint density at radius 2 is 1.96 bits per heavy atom. The smallest absolute Gasteiger partial charge is 0.323 e. The molecule has 0 aliphatic rings. The van der Waals surface area contributed by atoms with Gasteiger partial charge >= 0.3 is 10.2 Å². The Kier molecular flexibility index (Phi) is 6.12. The lowest BCUT2D eigenvalue weighted by Crippen LogP contribution is -2.35. The molecule has 0 saturated carbocycles. The molecule has 0 fully saturated rings. The minimum Gasteiger partial charge on any atom is -0.487 e. The maximum Gasteiger partial charge on any atom is 0.323 e. The highest BCUT2D eigenvalue weighted by molar-refractivity contribution is 7.87. The number of carbonyl (C=O) groups is 1. The third-order valence-corrected chi connectivity index (χ3v) is 4.79. The van der Waals surface area contributed by atoms with Crippen LogP contribution in [0.5, 0.6) is 5.75 Å². The van der Waals surface area contributed by atoms with Crippen molar-refractivity contribution >= 4 is 16.1 Å². The number of hydrogen-bond acceptors (Lipinski definition) is 6. The second-order valence-electron chi connectivity index (χ2n) is 5.19. The zero-order valence-corrected chi connectivity index (χ0v) is 15.0. The molecular formula is C15H20N4O5S. The molecule has 0 aliphatic carbocycles. The van der Waals surface area contributed by atoms with Gasteiger partial charge in [0.15, 0.2) is 0 Å². The number of aromatic nitrogens is 2. The van der Waals surface area contributed by atoms with E-state index in [1.54, 1.807) is 12.1 Å². The molecule has 1 N–H and O–H groups in total. The van der Waals surface area contributed by atoms with Crippen molar-refractivity contribution in [2.45, 2.75) is 6.61 Å². The first-order valence-electron chi connectivity index (χ1n) is 7.33. The highest BCUT2D eigenvalue weighted by atomic mass is 32.2. The molecule has 0 saturated heterocycles. The van der Waals surface area contributed by atoms with Crippen molar-refractivity contribution in [2.75, 3.05) is 27.9 Å². The molecule has 1 aromatic heterocycles. The van der Waals surface area contributed by atoms with Crippen LogP contribution in [0.15, 0.2) is 36.4 Å². The summed E-state index contributed by atoms with van der Waals surface area (Å²) in [6.45, 7) is -0.0353. The summed E-state index contributed by atoms with van der Waals surface area (Å²) in [5.41, 5.74) is 0.175. The fraction of sp³-hybridized carbons (Fsp3) is 0.333. The number of ether oxygens (including phenoxy) is 2. The summed E-state index contributed by atoms with van der Waals surface area (Å²) in [5.74, 6) is -0.0105. The Bertz CT molecular complexity index is 818. The van der Waals surface area contributed by atoms with Gasteiger partial charge in [-0.3, -0.25) is 4.79 Å². The van der Waals surface area contributed by atoms with E-state index in [9.17, 15) is 13.2 Å². The van der Waals surface area contributed by atoms with E-state index in [1.165, 1.54) is 27.3 Å². The normalized spacial score (nSPS) is 11.5. The lowest BCUT2D eigenvalue weighted by Gasteiger charge is -2.13. The van der Waals surface area contributed by atoms with E-state index in [1.807, 2.05) is 18.2 Å². The molecule has 1 amide bonds. The van der Waals surface area contributed by atoms with Gasteiger partial charge in [0.25, 0.3) is 5.91 Å². The Balaban J connectivity index is 2.30. The molecule has 0 bridgehead atoms. The molecule has 25 heavy (non-hydrogen) atoms. The number of methoxy groups -OCH3 is 1. The number of hydrogen-bond donors (Lipinski definition) is 1. The summed E-state index contributed by atoms with van der Waals surface area (Å²) < 4.78 is 36.8. The molecule has 0 unspecified atom stereocenters. The topological polar surface area (TPSA) is 103 Å². The van der Waals surface area contributed by atoms with Gasteiger partial charge in [-0.2, -0.15) is 17.8 Å². The van der Waals surface area contributed by atoms with Crippen LogP contribution in [-0.2, 0) is 21.6 Å². The largest absolute Gasteiger partial charge is 0.487 e. The fourth-order valence-electron chi connectivity index (χ4n) is 1.87. The quantitative estimate of drug-likeness (QED) is 0.679. The Labute approximate surface area is 146 Å². The molecule has 1 aromatic carbocycles. The lowest BCUT2D eigenvalue weighted by atomic mass is 10.3. The molecule has 1 heterocycles. The second-order valence-corrected chi connectivity index (χ2v) is 7.17. The van der Waals surface area contributed by atoms with Crippen molar-refractivity contribution in [1.29, 1.82) is 0 Å². The van der Waals surface area contributed by atoms with Gasteiger partial charge in [0.2, 0.25) is 0 Å². The number of carbonyl (C=O) groups excluding carboxylic acids is 1. The van der Waals surface area contributed by atoms with Gasteiger partial charge in [-0.1, -0.05) is 18.2 Å². The SMILES string of the molecule is COCNC(=O)c1cc(COc2ccccc2)nn1S(=O)(=O)N(C)C. The van der Waals surface area contributed by atoms with Crippen molar-refractivity contribution in [3.8, 4) is 5.75 Å². The standard InChI is InChI=1S/C15H20N4O5S/c1-18(2)25(21,22)19-14(15(20)16-11-23-3)9-12(17-19)10-24-13-7-5-4-6-8-13/h4-9H,10-11H2,1-3H3,(H,16,20). The average Bonchev–Trinajstić information content (AvgIpc) is 3.04. The van der Waals surface area contributed by atoms with Crippen molar-refractivity contribution in [2.24, 2.45) is 0 Å². The third kappa shape index (κ3) is 4.56. The van der Waals surface area contributed by atoms with Crippen LogP contribution in [0.1, 0.15) is 16.2 Å². The molecule has 0 spiro atoms. The van der Waals surface area contributed by atoms with Gasteiger partial charge < -0.3 is 14.8 Å². The summed E-state index contributed by atoms with van der Waals surface area (Å²) in [6.07, 6.45) is 0. The number of nitrogens with one attached hydrogen (secondary N) is 1. The zero-order valence-electron chi connectivity index (χ0n) is 14.2. The molecule has 2 rings (SSSR count). The Hall–Kier alpha value is -2.43. The highest BCUT2D eigenvalue weighted by Gasteiger charge is 2.26. The second kappa shape index (κ2) is 8.10. The number of para-hydroxylation sites is 1. The van der Waals surface area contributed by atoms with Crippen LogP contribution in [0, 0.1) is 0 Å². The van der Waals surface area contributed by atoms with Crippen LogP contribution >= 0.6 is 0 Å². The van der Waals surface area contributed by atoms with E-state index in [0.717, 1.165) is 4.31 Å². The molecular weight excluding hydrogens is 348 g/mol. The summed E-state index contributed by atoms with van der Waals surface area (Å²) in [4.78, 5) is 12.2. The maximum absolute atomic E-state index is 12.4. The first-order valence-corrected chi connectivity index (χ1v) is 8.73. The number of nitrogens with zero attached hydrogens (tertiary/aromatic N) is 3. The molecule has 2 aromatic rings. The van der Waals surface area contributed by atoms with Crippen LogP contribution in [0.4, 0.5) is 0 Å². The van der Waals surface area contributed by atoms with Gasteiger partial charge in [0, 0.05) is 21.2 Å². The fourth-order valence-corrected chi connectivity index (χ4v) is 2.77. The van der Waals surface area contributed by atoms with Crippen LogP contribution in [0.25, 0.3) is 0 Å². The first kappa shape index (κ1) is 18.9. The lowest BCUT2D eigenvalue weighted by molar-refractivity contribution is 0.0865. The first-order chi connectivity index (χ1) is 11.9. The van der Waals surface area contributed by atoms with E-state index in [4.69, 9.17) is 9.47 Å². The monoisotopic (exact) mass is 368 g/mol. The van der Waals surface area contributed by atoms with Crippen LogP contribution < -0.4 is 10.1 Å². The summed E-state index contributed by atoms with van der Waals surface area (Å²) in [5, 5.41) is 6.45. The molecule has 0 radical (unpaired) electrons. The Morgan fingerprint density at radius 3 is 2.56 bits per heavy atom. The molecule has 10 heteroatoms. The van der Waals surface area contributed by atoms with Gasteiger partial charge in [-0.15, -0.1) is 4.09 Å². The van der Waals surface area contributed by atoms with Crippen molar-refractivity contribution < 1.29 is 22.7 Å². The molecule has 9 nitrogen and oxygen atoms in total. The minimum atomic E-state index is -3.96. The number of rotatable bonds is 8. The highest BCUT2D eigenvalue weighted by Crippen LogP contribution is 2.14. The van der Waals surface area contributed by atoms with E-state index < -0.39 is 16.1 Å². The summed E-state index contributed by atoms with van der Waals surface area (Å²) in [6, 6.07) is 10.4. The van der Waals surface area contributed by atoms with Gasteiger partial charge in [0.05, 0.1) is 0 Å². The summed E-state index contributed by atoms with van der Waals surface area (Å²) >= 11 is 0. The van der Waals surface area contributed by atoms with Gasteiger partial charge in [0.1, 0.15) is 30.5 Å². The van der Waals surface area contributed by atoms with Crippen molar-refractivity contribution in [3.63, 3.8) is 0 Å². The van der Waals surface area contributed by atoms with E-state index in [0.29, 0.717) is 15.5 Å². The van der Waals surface area contributed by atoms with E-state index in [2.05, 4.69) is 10.4 Å².